The molecule has 104 valence electrons. The lowest BCUT2D eigenvalue weighted by molar-refractivity contribution is -0.142. The van der Waals surface area contributed by atoms with Crippen LogP contribution in [0.4, 0.5) is 5.69 Å². The summed E-state index contributed by atoms with van der Waals surface area (Å²) in [5, 5.41) is 0. The third-order valence-electron chi connectivity index (χ3n) is 2.77. The number of ketones is 1. The highest BCUT2D eigenvalue weighted by atomic mass is 16.5. The molecule has 0 saturated heterocycles. The van der Waals surface area contributed by atoms with Crippen molar-refractivity contribution in [3.05, 3.63) is 29.8 Å². The third kappa shape index (κ3) is 4.71. The molecule has 5 nitrogen and oxygen atoms in total. The maximum atomic E-state index is 11.4. The smallest absolute Gasteiger partial charge is 0.307 e. The second kappa shape index (κ2) is 7.53. The van der Waals surface area contributed by atoms with E-state index < -0.39 is 0 Å². The average Bonchev–Trinajstić information content (AvgIpc) is 2.44. The van der Waals surface area contributed by atoms with Crippen molar-refractivity contribution in [3.8, 4) is 0 Å². The fraction of sp³-hybridized carbons (Fsp3) is 0.429. The van der Waals surface area contributed by atoms with E-state index in [1.54, 1.807) is 19.1 Å². The van der Waals surface area contributed by atoms with Crippen molar-refractivity contribution in [1.82, 2.24) is 0 Å². The molecule has 19 heavy (non-hydrogen) atoms. The fourth-order valence-corrected chi connectivity index (χ4v) is 1.64. The van der Waals surface area contributed by atoms with E-state index in [-0.39, 0.29) is 18.3 Å². The van der Waals surface area contributed by atoms with Gasteiger partial charge in [-0.15, -0.1) is 0 Å². The molecule has 2 N–H and O–H groups in total. The number of hydrogen-bond donors (Lipinski definition) is 1. The number of esters is 1. The monoisotopic (exact) mass is 264 g/mol. The zero-order chi connectivity index (χ0) is 14.3. The Morgan fingerprint density at radius 2 is 1.89 bits per heavy atom. The van der Waals surface area contributed by atoms with Crippen LogP contribution in [0.25, 0.3) is 0 Å². The van der Waals surface area contributed by atoms with Gasteiger partial charge in [0.15, 0.2) is 5.78 Å². The summed E-state index contributed by atoms with van der Waals surface area (Å²) in [7, 11) is 1.89. The van der Waals surface area contributed by atoms with E-state index in [2.05, 4.69) is 0 Å². The molecule has 1 aromatic rings. The Morgan fingerprint density at radius 3 is 2.42 bits per heavy atom. The minimum atomic E-state index is -0.204. The molecule has 0 aromatic heterocycles. The first kappa shape index (κ1) is 15.2. The summed E-state index contributed by atoms with van der Waals surface area (Å²) in [6.07, 6.45) is 0.341. The van der Waals surface area contributed by atoms with Gasteiger partial charge in [0, 0.05) is 24.8 Å². The Morgan fingerprint density at radius 1 is 1.26 bits per heavy atom. The summed E-state index contributed by atoms with van der Waals surface area (Å²) in [5.41, 5.74) is 6.84. The van der Waals surface area contributed by atoms with E-state index in [4.69, 9.17) is 10.5 Å². The van der Waals surface area contributed by atoms with Gasteiger partial charge in [0.1, 0.15) is 0 Å². The average molecular weight is 264 g/mol. The van der Waals surface area contributed by atoms with Crippen LogP contribution in [-0.2, 0) is 9.53 Å². The van der Waals surface area contributed by atoms with Gasteiger partial charge in [0.25, 0.3) is 0 Å². The molecule has 0 heterocycles. The lowest BCUT2D eigenvalue weighted by atomic mass is 10.1. The molecule has 0 radical (unpaired) electrons. The number of benzene rings is 1. The van der Waals surface area contributed by atoms with Crippen molar-refractivity contribution in [2.24, 2.45) is 5.73 Å². The van der Waals surface area contributed by atoms with E-state index >= 15 is 0 Å². The lowest BCUT2D eigenvalue weighted by Crippen LogP contribution is -2.22. The summed E-state index contributed by atoms with van der Waals surface area (Å²) >= 11 is 0. The Bertz CT molecular complexity index is 429. The highest BCUT2D eigenvalue weighted by Gasteiger charge is 2.07. The van der Waals surface area contributed by atoms with Gasteiger partial charge in [-0.1, -0.05) is 0 Å². The van der Waals surface area contributed by atoms with Crippen molar-refractivity contribution in [3.63, 3.8) is 0 Å². The van der Waals surface area contributed by atoms with Gasteiger partial charge in [0.2, 0.25) is 0 Å². The molecule has 1 rings (SSSR count). The highest BCUT2D eigenvalue weighted by molar-refractivity contribution is 5.97. The second-order valence-electron chi connectivity index (χ2n) is 4.15. The summed E-state index contributed by atoms with van der Waals surface area (Å²) < 4.78 is 4.87. The predicted molar refractivity (Wildman–Crippen MR) is 74.3 cm³/mol. The maximum Gasteiger partial charge on any atom is 0.307 e. The van der Waals surface area contributed by atoms with Gasteiger partial charge < -0.3 is 15.4 Å². The van der Waals surface area contributed by atoms with Crippen LogP contribution in [-0.4, -0.2) is 38.5 Å². The van der Waals surface area contributed by atoms with Crippen molar-refractivity contribution in [1.29, 1.82) is 0 Å². The Kier molecular flexibility index (Phi) is 6.02. The van der Waals surface area contributed by atoms with Gasteiger partial charge in [-0.3, -0.25) is 9.59 Å². The molecule has 0 amide bonds. The number of ether oxygens (including phenoxy) is 1. The molecule has 5 heteroatoms. The van der Waals surface area contributed by atoms with Crippen LogP contribution >= 0.6 is 0 Å². The molecule has 0 spiro atoms. The summed E-state index contributed by atoms with van der Waals surface area (Å²) in [4.78, 5) is 24.6. The summed E-state index contributed by atoms with van der Waals surface area (Å²) in [5.74, 6) is -0.287. The van der Waals surface area contributed by atoms with E-state index in [0.717, 1.165) is 5.69 Å². The number of carbonyl (C=O) groups is 2. The summed E-state index contributed by atoms with van der Waals surface area (Å²) in [6.45, 7) is 2.77. The standard InChI is InChI=1S/C14H20N2O3/c1-3-19-14(18)8-9-16(2)12-6-4-11(5-7-12)13(17)10-15/h4-7H,3,8-10,15H2,1-2H3. The molecule has 0 aliphatic carbocycles. The normalized spacial score (nSPS) is 10.1. The minimum Gasteiger partial charge on any atom is -0.466 e. The zero-order valence-electron chi connectivity index (χ0n) is 11.4. The van der Waals surface area contributed by atoms with Crippen LogP contribution in [0, 0.1) is 0 Å². The molecular weight excluding hydrogens is 244 g/mol. The van der Waals surface area contributed by atoms with Gasteiger partial charge in [0.05, 0.1) is 19.6 Å². The van der Waals surface area contributed by atoms with Gasteiger partial charge in [-0.05, 0) is 31.2 Å². The van der Waals surface area contributed by atoms with Gasteiger partial charge in [-0.2, -0.15) is 0 Å². The van der Waals surface area contributed by atoms with Crippen molar-refractivity contribution < 1.29 is 14.3 Å². The van der Waals surface area contributed by atoms with Gasteiger partial charge in [-0.25, -0.2) is 0 Å². The van der Waals surface area contributed by atoms with Crippen LogP contribution in [0.15, 0.2) is 24.3 Å². The quantitative estimate of drug-likeness (QED) is 0.592. The molecule has 0 atom stereocenters. The molecule has 1 aromatic carbocycles. The molecular formula is C14H20N2O3. The van der Waals surface area contributed by atoms with E-state index in [0.29, 0.717) is 25.1 Å². The van der Waals surface area contributed by atoms with Gasteiger partial charge >= 0.3 is 5.97 Å². The minimum absolute atomic E-state index is 0.0119. The van der Waals surface area contributed by atoms with Crippen LogP contribution in [0.2, 0.25) is 0 Å². The lowest BCUT2D eigenvalue weighted by Gasteiger charge is -2.18. The molecule has 0 aliphatic rings. The first-order valence-electron chi connectivity index (χ1n) is 6.28. The van der Waals surface area contributed by atoms with Crippen molar-refractivity contribution >= 4 is 17.4 Å². The fourth-order valence-electron chi connectivity index (χ4n) is 1.64. The SMILES string of the molecule is CCOC(=O)CCN(C)c1ccc(C(=O)CN)cc1. The number of Topliss-reactive ketones (excluding diaryl/α,β-unsaturated/α-hetero) is 1. The third-order valence-corrected chi connectivity index (χ3v) is 2.77. The number of hydrogen-bond acceptors (Lipinski definition) is 5. The van der Waals surface area contributed by atoms with Crippen LogP contribution in [0.5, 0.6) is 0 Å². The first-order chi connectivity index (χ1) is 9.08. The van der Waals surface area contributed by atoms with Crippen molar-refractivity contribution in [2.45, 2.75) is 13.3 Å². The Balaban J connectivity index is 2.55. The van der Waals surface area contributed by atoms with E-state index in [1.807, 2.05) is 24.1 Å². The number of rotatable bonds is 7. The van der Waals surface area contributed by atoms with Crippen LogP contribution < -0.4 is 10.6 Å². The maximum absolute atomic E-state index is 11.4. The highest BCUT2D eigenvalue weighted by Crippen LogP contribution is 2.14. The molecule has 0 fully saturated rings. The van der Waals surface area contributed by atoms with E-state index in [9.17, 15) is 9.59 Å². The topological polar surface area (TPSA) is 72.6 Å². The summed E-state index contributed by atoms with van der Waals surface area (Å²) in [6, 6.07) is 7.17. The molecule has 0 saturated carbocycles. The number of nitrogens with two attached hydrogens (primary N) is 1. The van der Waals surface area contributed by atoms with Crippen molar-refractivity contribution in [2.75, 3.05) is 31.6 Å². The molecule has 0 bridgehead atoms. The van der Waals surface area contributed by atoms with E-state index in [1.165, 1.54) is 0 Å². The predicted octanol–water partition coefficient (Wildman–Crippen LogP) is 1.22. The second-order valence-corrected chi connectivity index (χ2v) is 4.15. The van der Waals surface area contributed by atoms with Crippen LogP contribution in [0.3, 0.4) is 0 Å². The molecule has 0 aliphatic heterocycles. The number of anilines is 1. The molecule has 0 unspecified atom stereocenters. The largest absolute Gasteiger partial charge is 0.466 e. The van der Waals surface area contributed by atoms with Crippen LogP contribution in [0.1, 0.15) is 23.7 Å². The first-order valence-corrected chi connectivity index (χ1v) is 6.28. The number of carbonyl (C=O) groups excluding carboxylic acids is 2. The number of nitrogens with zero attached hydrogens (tertiary/aromatic N) is 1. The zero-order valence-corrected chi connectivity index (χ0v) is 11.4. The Labute approximate surface area is 113 Å². The Hall–Kier alpha value is -1.88.